The van der Waals surface area contributed by atoms with Crippen molar-refractivity contribution in [3.05, 3.63) is 22.2 Å². The predicted octanol–water partition coefficient (Wildman–Crippen LogP) is 0.541. The molecule has 0 aliphatic heterocycles. The maximum atomic E-state index is 11.4. The molecule has 5 heteroatoms. The third-order valence-electron chi connectivity index (χ3n) is 2.40. The fourth-order valence-electron chi connectivity index (χ4n) is 1.52. The average Bonchev–Trinajstić information content (AvgIpc) is 2.29. The molecule has 0 aromatic carbocycles. The Morgan fingerprint density at radius 3 is 2.81 bits per heavy atom. The molecule has 0 radical (unpaired) electrons. The second-order valence-corrected chi connectivity index (χ2v) is 3.56. The van der Waals surface area contributed by atoms with E-state index in [1.165, 1.54) is 6.07 Å². The minimum Gasteiger partial charge on any atom is -0.396 e. The van der Waals surface area contributed by atoms with E-state index in [1.807, 2.05) is 18.7 Å². The van der Waals surface area contributed by atoms with Crippen molar-refractivity contribution in [2.45, 2.75) is 26.7 Å². The molecule has 2 N–H and O–H groups in total. The standard InChI is InChI=1S/C11H19N3O2/c1-3-9-12-10(8-11(16)13-9)14(4-2)6-5-7-15/h8,15H,3-7H2,1-2H3,(H,12,13,16). The van der Waals surface area contributed by atoms with Crippen LogP contribution in [0.3, 0.4) is 0 Å². The molecular formula is C11H19N3O2. The summed E-state index contributed by atoms with van der Waals surface area (Å²) in [5, 5.41) is 8.80. The number of rotatable bonds is 6. The Morgan fingerprint density at radius 1 is 1.50 bits per heavy atom. The molecule has 0 atom stereocenters. The first-order chi connectivity index (χ1) is 7.71. The number of nitrogens with one attached hydrogen (secondary N) is 1. The zero-order valence-electron chi connectivity index (χ0n) is 9.86. The molecular weight excluding hydrogens is 206 g/mol. The van der Waals surface area contributed by atoms with Gasteiger partial charge in [0, 0.05) is 32.2 Å². The number of aliphatic hydroxyl groups is 1. The number of aliphatic hydroxyl groups excluding tert-OH is 1. The van der Waals surface area contributed by atoms with E-state index in [9.17, 15) is 4.79 Å². The normalized spacial score (nSPS) is 10.4. The topological polar surface area (TPSA) is 69.2 Å². The van der Waals surface area contributed by atoms with Gasteiger partial charge in [-0.05, 0) is 13.3 Å². The van der Waals surface area contributed by atoms with E-state index in [2.05, 4.69) is 9.97 Å². The molecule has 0 saturated heterocycles. The van der Waals surface area contributed by atoms with Crippen LogP contribution in [0.15, 0.2) is 10.9 Å². The van der Waals surface area contributed by atoms with Crippen molar-refractivity contribution in [3.63, 3.8) is 0 Å². The van der Waals surface area contributed by atoms with E-state index in [0.717, 1.165) is 6.54 Å². The first-order valence-corrected chi connectivity index (χ1v) is 5.67. The summed E-state index contributed by atoms with van der Waals surface area (Å²) < 4.78 is 0. The van der Waals surface area contributed by atoms with Gasteiger partial charge in [0.25, 0.3) is 5.56 Å². The molecule has 1 heterocycles. The van der Waals surface area contributed by atoms with Gasteiger partial charge in [0.05, 0.1) is 0 Å². The SMILES string of the molecule is CCc1nc(N(CC)CCCO)cc(=O)[nH]1. The molecule has 0 amide bonds. The molecule has 1 aromatic heterocycles. The van der Waals surface area contributed by atoms with Crippen LogP contribution in [-0.2, 0) is 6.42 Å². The molecule has 0 unspecified atom stereocenters. The largest absolute Gasteiger partial charge is 0.396 e. The van der Waals surface area contributed by atoms with Crippen molar-refractivity contribution in [2.75, 3.05) is 24.6 Å². The third kappa shape index (κ3) is 3.34. The summed E-state index contributed by atoms with van der Waals surface area (Å²) in [5.74, 6) is 1.39. The van der Waals surface area contributed by atoms with Gasteiger partial charge in [-0.3, -0.25) is 4.79 Å². The Morgan fingerprint density at radius 2 is 2.25 bits per heavy atom. The zero-order chi connectivity index (χ0) is 12.0. The number of hydrogen-bond acceptors (Lipinski definition) is 4. The molecule has 1 aromatic rings. The highest BCUT2D eigenvalue weighted by atomic mass is 16.3. The Bertz CT molecular complexity index is 376. The summed E-state index contributed by atoms with van der Waals surface area (Å²) in [5.41, 5.74) is -0.121. The lowest BCUT2D eigenvalue weighted by Crippen LogP contribution is -2.27. The van der Waals surface area contributed by atoms with E-state index >= 15 is 0 Å². The lowest BCUT2D eigenvalue weighted by atomic mass is 10.3. The summed E-state index contributed by atoms with van der Waals surface area (Å²) >= 11 is 0. The number of H-pyrrole nitrogens is 1. The highest BCUT2D eigenvalue weighted by molar-refractivity contribution is 5.37. The van der Waals surface area contributed by atoms with Gasteiger partial charge in [0.2, 0.25) is 0 Å². The van der Waals surface area contributed by atoms with Crippen molar-refractivity contribution < 1.29 is 5.11 Å². The summed E-state index contributed by atoms with van der Waals surface area (Å²) in [6, 6.07) is 1.50. The second-order valence-electron chi connectivity index (χ2n) is 3.56. The van der Waals surface area contributed by atoms with Crippen LogP contribution in [0, 0.1) is 0 Å². The summed E-state index contributed by atoms with van der Waals surface area (Å²) in [7, 11) is 0. The van der Waals surface area contributed by atoms with Crippen LogP contribution in [-0.4, -0.2) is 34.8 Å². The Hall–Kier alpha value is -1.36. The molecule has 0 aliphatic rings. The maximum Gasteiger partial charge on any atom is 0.252 e. The predicted molar refractivity (Wildman–Crippen MR) is 63.8 cm³/mol. The van der Waals surface area contributed by atoms with Gasteiger partial charge in [0.1, 0.15) is 11.6 Å². The zero-order valence-corrected chi connectivity index (χ0v) is 9.86. The fourth-order valence-corrected chi connectivity index (χ4v) is 1.52. The van der Waals surface area contributed by atoms with Crippen LogP contribution < -0.4 is 10.5 Å². The van der Waals surface area contributed by atoms with Crippen molar-refractivity contribution in [2.24, 2.45) is 0 Å². The van der Waals surface area contributed by atoms with Gasteiger partial charge >= 0.3 is 0 Å². The van der Waals surface area contributed by atoms with E-state index in [1.54, 1.807) is 0 Å². The fraction of sp³-hybridized carbons (Fsp3) is 0.636. The van der Waals surface area contributed by atoms with E-state index in [0.29, 0.717) is 31.0 Å². The molecule has 0 bridgehead atoms. The van der Waals surface area contributed by atoms with E-state index in [-0.39, 0.29) is 12.2 Å². The first kappa shape index (κ1) is 12.7. The highest BCUT2D eigenvalue weighted by Gasteiger charge is 2.07. The monoisotopic (exact) mass is 225 g/mol. The van der Waals surface area contributed by atoms with Crippen LogP contribution in [0.1, 0.15) is 26.1 Å². The van der Waals surface area contributed by atoms with Crippen molar-refractivity contribution in [3.8, 4) is 0 Å². The van der Waals surface area contributed by atoms with Crippen LogP contribution in [0.25, 0.3) is 0 Å². The number of aromatic amines is 1. The van der Waals surface area contributed by atoms with Crippen LogP contribution in [0.2, 0.25) is 0 Å². The highest BCUT2D eigenvalue weighted by Crippen LogP contribution is 2.08. The van der Waals surface area contributed by atoms with Crippen molar-refractivity contribution in [1.82, 2.24) is 9.97 Å². The van der Waals surface area contributed by atoms with Gasteiger partial charge in [-0.1, -0.05) is 6.92 Å². The molecule has 5 nitrogen and oxygen atoms in total. The van der Waals surface area contributed by atoms with Gasteiger partial charge in [-0.25, -0.2) is 4.98 Å². The number of aryl methyl sites for hydroxylation is 1. The third-order valence-corrected chi connectivity index (χ3v) is 2.40. The minimum absolute atomic E-state index is 0.121. The summed E-state index contributed by atoms with van der Waals surface area (Å²) in [6.07, 6.45) is 1.39. The quantitative estimate of drug-likeness (QED) is 0.741. The number of nitrogens with zero attached hydrogens (tertiary/aromatic N) is 2. The second kappa shape index (κ2) is 6.27. The molecule has 16 heavy (non-hydrogen) atoms. The van der Waals surface area contributed by atoms with Gasteiger partial charge < -0.3 is 15.0 Å². The van der Waals surface area contributed by atoms with Crippen LogP contribution in [0.5, 0.6) is 0 Å². The molecule has 0 aliphatic carbocycles. The van der Waals surface area contributed by atoms with E-state index in [4.69, 9.17) is 5.11 Å². The molecule has 0 saturated carbocycles. The van der Waals surface area contributed by atoms with Crippen molar-refractivity contribution in [1.29, 1.82) is 0 Å². The van der Waals surface area contributed by atoms with Crippen molar-refractivity contribution >= 4 is 5.82 Å². The Kier molecular flexibility index (Phi) is 4.98. The molecule has 1 rings (SSSR count). The maximum absolute atomic E-state index is 11.4. The molecule has 0 spiro atoms. The summed E-state index contributed by atoms with van der Waals surface area (Å²) in [6.45, 7) is 5.60. The smallest absolute Gasteiger partial charge is 0.252 e. The first-order valence-electron chi connectivity index (χ1n) is 5.67. The summed E-state index contributed by atoms with van der Waals surface area (Å²) in [4.78, 5) is 20.4. The van der Waals surface area contributed by atoms with Gasteiger partial charge in [-0.2, -0.15) is 0 Å². The number of anilines is 1. The van der Waals surface area contributed by atoms with Crippen LogP contribution in [0.4, 0.5) is 5.82 Å². The Labute approximate surface area is 95.1 Å². The van der Waals surface area contributed by atoms with E-state index < -0.39 is 0 Å². The lowest BCUT2D eigenvalue weighted by molar-refractivity contribution is 0.289. The Balaban J connectivity index is 2.90. The molecule has 0 fully saturated rings. The van der Waals surface area contributed by atoms with Crippen LogP contribution >= 0.6 is 0 Å². The average molecular weight is 225 g/mol. The van der Waals surface area contributed by atoms with Gasteiger partial charge in [0.15, 0.2) is 0 Å². The lowest BCUT2D eigenvalue weighted by Gasteiger charge is -2.21. The molecule has 90 valence electrons. The number of aromatic nitrogens is 2. The number of hydrogen-bond donors (Lipinski definition) is 2. The minimum atomic E-state index is -0.121. The van der Waals surface area contributed by atoms with Gasteiger partial charge in [-0.15, -0.1) is 0 Å².